The molecule has 0 fully saturated rings. The van der Waals surface area contributed by atoms with Gasteiger partial charge in [-0.05, 0) is 36.8 Å². The second-order valence-electron chi connectivity index (χ2n) is 4.34. The van der Waals surface area contributed by atoms with Gasteiger partial charge in [0, 0.05) is 0 Å². The van der Waals surface area contributed by atoms with Gasteiger partial charge in [0.1, 0.15) is 5.75 Å². The fourth-order valence-corrected chi connectivity index (χ4v) is 1.83. The minimum Gasteiger partial charge on any atom is -0.490 e. The van der Waals surface area contributed by atoms with E-state index < -0.39 is 0 Å². The molecule has 0 aliphatic heterocycles. The lowest BCUT2D eigenvalue weighted by Gasteiger charge is -2.14. The van der Waals surface area contributed by atoms with Crippen LogP contribution in [0.3, 0.4) is 0 Å². The zero-order chi connectivity index (χ0) is 13.1. The smallest absolute Gasteiger partial charge is 0.268 e. The van der Waals surface area contributed by atoms with Gasteiger partial charge in [-0.15, -0.1) is 0 Å². The van der Waals surface area contributed by atoms with Crippen molar-refractivity contribution < 1.29 is 9.53 Å². The van der Waals surface area contributed by atoms with E-state index in [1.807, 2.05) is 44.2 Å². The Bertz CT molecular complexity index is 579. The van der Waals surface area contributed by atoms with Gasteiger partial charge >= 0.3 is 0 Å². The molecule has 4 heteroatoms. The summed E-state index contributed by atoms with van der Waals surface area (Å²) >= 11 is 0. The lowest BCUT2D eigenvalue weighted by molar-refractivity contribution is 0.0948. The summed E-state index contributed by atoms with van der Waals surface area (Å²) in [7, 11) is 0. The van der Waals surface area contributed by atoms with Crippen LogP contribution in [0.1, 0.15) is 24.2 Å². The molecule has 0 radical (unpaired) electrons. The summed E-state index contributed by atoms with van der Waals surface area (Å²) < 4.78 is 5.66. The molecule has 0 aromatic heterocycles. The summed E-state index contributed by atoms with van der Waals surface area (Å²) in [6.45, 7) is 3.83. The van der Waals surface area contributed by atoms with Gasteiger partial charge in [0.25, 0.3) is 5.91 Å². The molecule has 0 atom stereocenters. The highest BCUT2D eigenvalue weighted by molar-refractivity contribution is 6.01. The van der Waals surface area contributed by atoms with Crippen molar-refractivity contribution in [2.75, 3.05) is 0 Å². The predicted octanol–water partition coefficient (Wildman–Crippen LogP) is 2.23. The summed E-state index contributed by atoms with van der Waals surface area (Å²) in [5.41, 5.74) is 2.59. The second-order valence-corrected chi connectivity index (χ2v) is 4.34. The highest BCUT2D eigenvalue weighted by Gasteiger charge is 2.14. The number of benzene rings is 2. The largest absolute Gasteiger partial charge is 0.490 e. The molecular weight excluding hydrogens is 228 g/mol. The van der Waals surface area contributed by atoms with Crippen molar-refractivity contribution in [1.29, 1.82) is 0 Å². The maximum atomic E-state index is 11.7. The number of nitrogens with one attached hydrogen (secondary N) is 1. The van der Waals surface area contributed by atoms with Crippen LogP contribution < -0.4 is 16.0 Å². The number of carbonyl (C=O) groups excluding carboxylic acids is 1. The highest BCUT2D eigenvalue weighted by atomic mass is 16.5. The Labute approximate surface area is 106 Å². The topological polar surface area (TPSA) is 64.3 Å². The molecule has 2 rings (SSSR count). The molecule has 0 saturated carbocycles. The SMILES string of the molecule is CC(C)Oc1cc2ccccc2cc1C(=O)NN. The second kappa shape index (κ2) is 5.06. The molecule has 0 aliphatic rings. The number of hydrogen-bond donors (Lipinski definition) is 2. The predicted molar refractivity (Wildman–Crippen MR) is 71.4 cm³/mol. The first-order valence-electron chi connectivity index (χ1n) is 5.82. The lowest BCUT2D eigenvalue weighted by atomic mass is 10.1. The van der Waals surface area contributed by atoms with Crippen LogP contribution in [-0.4, -0.2) is 12.0 Å². The number of carbonyl (C=O) groups is 1. The normalized spacial score (nSPS) is 10.7. The maximum absolute atomic E-state index is 11.7. The van der Waals surface area contributed by atoms with Gasteiger partial charge in [-0.1, -0.05) is 24.3 Å². The van der Waals surface area contributed by atoms with Gasteiger partial charge in [0.15, 0.2) is 0 Å². The van der Waals surface area contributed by atoms with E-state index in [-0.39, 0.29) is 12.0 Å². The van der Waals surface area contributed by atoms with Gasteiger partial charge in [0.2, 0.25) is 0 Å². The van der Waals surface area contributed by atoms with Crippen LogP contribution in [0.2, 0.25) is 0 Å². The van der Waals surface area contributed by atoms with Crippen LogP contribution in [0.5, 0.6) is 5.75 Å². The Morgan fingerprint density at radius 2 is 1.83 bits per heavy atom. The van der Waals surface area contributed by atoms with E-state index in [0.717, 1.165) is 10.8 Å². The number of hydrazine groups is 1. The van der Waals surface area contributed by atoms with E-state index >= 15 is 0 Å². The molecule has 3 N–H and O–H groups in total. The first-order valence-corrected chi connectivity index (χ1v) is 5.82. The summed E-state index contributed by atoms with van der Waals surface area (Å²) in [5.74, 6) is 5.39. The number of amides is 1. The summed E-state index contributed by atoms with van der Waals surface area (Å²) in [4.78, 5) is 11.7. The van der Waals surface area contributed by atoms with E-state index in [1.54, 1.807) is 6.07 Å². The van der Waals surface area contributed by atoms with Crippen LogP contribution in [0.4, 0.5) is 0 Å². The quantitative estimate of drug-likeness (QED) is 0.494. The van der Waals surface area contributed by atoms with E-state index in [1.165, 1.54) is 0 Å². The van der Waals surface area contributed by atoms with E-state index in [9.17, 15) is 4.79 Å². The third-order valence-electron chi connectivity index (χ3n) is 2.59. The average molecular weight is 244 g/mol. The van der Waals surface area contributed by atoms with E-state index in [0.29, 0.717) is 11.3 Å². The minimum atomic E-state index is -0.351. The van der Waals surface area contributed by atoms with Crippen LogP contribution in [0, 0.1) is 0 Å². The van der Waals surface area contributed by atoms with Crippen molar-refractivity contribution >= 4 is 16.7 Å². The van der Waals surface area contributed by atoms with Crippen molar-refractivity contribution in [2.45, 2.75) is 20.0 Å². The first kappa shape index (κ1) is 12.4. The molecule has 0 spiro atoms. The molecule has 18 heavy (non-hydrogen) atoms. The summed E-state index contributed by atoms with van der Waals surface area (Å²) in [6.07, 6.45) is -0.00418. The minimum absolute atomic E-state index is 0.00418. The first-order chi connectivity index (χ1) is 8.61. The molecule has 1 amide bonds. The molecule has 0 bridgehead atoms. The van der Waals surface area contributed by atoms with Gasteiger partial charge in [0.05, 0.1) is 11.7 Å². The Kier molecular flexibility index (Phi) is 3.48. The molecule has 94 valence electrons. The number of rotatable bonds is 3. The third kappa shape index (κ3) is 2.43. The van der Waals surface area contributed by atoms with Gasteiger partial charge in [-0.2, -0.15) is 0 Å². The zero-order valence-corrected chi connectivity index (χ0v) is 10.4. The molecule has 4 nitrogen and oxygen atoms in total. The van der Waals surface area contributed by atoms with Gasteiger partial charge < -0.3 is 4.74 Å². The Hall–Kier alpha value is -2.07. The van der Waals surface area contributed by atoms with Crippen molar-refractivity contribution in [3.63, 3.8) is 0 Å². The standard InChI is InChI=1S/C14H16N2O2/c1-9(2)18-13-8-11-6-4-3-5-10(11)7-12(13)14(17)16-15/h3-9H,15H2,1-2H3,(H,16,17). The number of nitrogens with two attached hydrogens (primary N) is 1. The number of ether oxygens (including phenoxy) is 1. The Balaban J connectivity index is 2.59. The molecule has 2 aromatic rings. The fraction of sp³-hybridized carbons (Fsp3) is 0.214. The monoisotopic (exact) mass is 244 g/mol. The molecule has 0 aliphatic carbocycles. The highest BCUT2D eigenvalue weighted by Crippen LogP contribution is 2.26. The zero-order valence-electron chi connectivity index (χ0n) is 10.4. The maximum Gasteiger partial charge on any atom is 0.268 e. The molecule has 2 aromatic carbocycles. The van der Waals surface area contributed by atoms with E-state index in [2.05, 4.69) is 5.43 Å². The average Bonchev–Trinajstić information content (AvgIpc) is 2.36. The molecular formula is C14H16N2O2. The Morgan fingerprint density at radius 1 is 1.22 bits per heavy atom. The van der Waals surface area contributed by atoms with E-state index in [4.69, 9.17) is 10.6 Å². The van der Waals surface area contributed by atoms with Gasteiger partial charge in [-0.25, -0.2) is 5.84 Å². The third-order valence-corrected chi connectivity index (χ3v) is 2.59. The Morgan fingerprint density at radius 3 is 2.39 bits per heavy atom. The van der Waals surface area contributed by atoms with Crippen molar-refractivity contribution in [1.82, 2.24) is 5.43 Å². The number of nitrogen functional groups attached to an aromatic ring is 1. The van der Waals surface area contributed by atoms with Crippen molar-refractivity contribution in [3.05, 3.63) is 42.0 Å². The van der Waals surface area contributed by atoms with Crippen LogP contribution >= 0.6 is 0 Å². The summed E-state index contributed by atoms with van der Waals surface area (Å²) in [6, 6.07) is 11.4. The molecule has 0 saturated heterocycles. The lowest BCUT2D eigenvalue weighted by Crippen LogP contribution is -2.30. The molecule has 0 unspecified atom stereocenters. The number of fused-ring (bicyclic) bond motifs is 1. The van der Waals surface area contributed by atoms with Gasteiger partial charge in [-0.3, -0.25) is 10.2 Å². The van der Waals surface area contributed by atoms with Crippen LogP contribution in [0.25, 0.3) is 10.8 Å². The van der Waals surface area contributed by atoms with Crippen molar-refractivity contribution in [3.8, 4) is 5.75 Å². The molecule has 0 heterocycles. The van der Waals surface area contributed by atoms with Crippen LogP contribution in [0.15, 0.2) is 36.4 Å². The summed E-state index contributed by atoms with van der Waals surface area (Å²) in [5, 5.41) is 2.01. The van der Waals surface area contributed by atoms with Crippen LogP contribution in [-0.2, 0) is 0 Å². The fourth-order valence-electron chi connectivity index (χ4n) is 1.83. The number of hydrogen-bond acceptors (Lipinski definition) is 3. The van der Waals surface area contributed by atoms with Crippen molar-refractivity contribution in [2.24, 2.45) is 5.84 Å².